The molecule has 0 aliphatic carbocycles. The van der Waals surface area contributed by atoms with E-state index < -0.39 is 10.0 Å². The van der Waals surface area contributed by atoms with Gasteiger partial charge in [-0.3, -0.25) is 4.79 Å². The minimum atomic E-state index is -3.58. The van der Waals surface area contributed by atoms with E-state index in [0.29, 0.717) is 50.5 Å². The van der Waals surface area contributed by atoms with Gasteiger partial charge in [-0.15, -0.1) is 0 Å². The van der Waals surface area contributed by atoms with Crippen LogP contribution in [-0.4, -0.2) is 58.5 Å². The van der Waals surface area contributed by atoms with E-state index in [-0.39, 0.29) is 5.91 Å². The second-order valence-electron chi connectivity index (χ2n) is 7.50. The zero-order valence-electron chi connectivity index (χ0n) is 17.4. The molecule has 0 aromatic heterocycles. The molecule has 2 aliphatic rings. The second-order valence-corrected chi connectivity index (χ2v) is 9.44. The van der Waals surface area contributed by atoms with Gasteiger partial charge in [0.15, 0.2) is 0 Å². The smallest absolute Gasteiger partial charge is 0.243 e. The molecule has 2 aromatic rings. The Morgan fingerprint density at radius 3 is 2.43 bits per heavy atom. The van der Waals surface area contributed by atoms with Gasteiger partial charge in [-0.05, 0) is 42.3 Å². The first kappa shape index (κ1) is 20.7. The highest BCUT2D eigenvalue weighted by Gasteiger charge is 2.31. The van der Waals surface area contributed by atoms with Crippen LogP contribution in [0.4, 0.5) is 11.4 Å². The molecule has 4 rings (SSSR count). The normalized spacial score (nSPS) is 17.1. The van der Waals surface area contributed by atoms with E-state index in [9.17, 15) is 13.2 Å². The van der Waals surface area contributed by atoms with Crippen LogP contribution in [0, 0.1) is 0 Å². The van der Waals surface area contributed by atoms with Crippen molar-refractivity contribution in [3.63, 3.8) is 0 Å². The molecule has 0 bridgehead atoms. The number of fused-ring (bicyclic) bond motifs is 1. The van der Waals surface area contributed by atoms with Crippen molar-refractivity contribution in [3.8, 4) is 5.75 Å². The number of para-hydroxylation sites is 2. The molecule has 2 aromatic carbocycles. The number of carbonyl (C=O) groups is 1. The van der Waals surface area contributed by atoms with Crippen molar-refractivity contribution in [3.05, 3.63) is 48.0 Å². The predicted octanol–water partition coefficient (Wildman–Crippen LogP) is 2.51. The first-order valence-corrected chi connectivity index (χ1v) is 11.7. The van der Waals surface area contributed by atoms with Gasteiger partial charge in [0.25, 0.3) is 0 Å². The minimum absolute atomic E-state index is 0.0665. The van der Waals surface area contributed by atoms with Crippen LogP contribution in [0.15, 0.2) is 47.4 Å². The van der Waals surface area contributed by atoms with Gasteiger partial charge >= 0.3 is 0 Å². The Morgan fingerprint density at radius 1 is 1.00 bits per heavy atom. The molecular formula is C22H27N3O4S. The molecule has 0 N–H and O–H groups in total. The van der Waals surface area contributed by atoms with Crippen molar-refractivity contribution in [1.82, 2.24) is 4.31 Å². The Balaban J connectivity index is 1.50. The van der Waals surface area contributed by atoms with Crippen molar-refractivity contribution in [1.29, 1.82) is 0 Å². The molecular weight excluding hydrogens is 402 g/mol. The zero-order valence-corrected chi connectivity index (χ0v) is 18.2. The number of methoxy groups -OCH3 is 1. The van der Waals surface area contributed by atoms with Gasteiger partial charge in [0, 0.05) is 44.8 Å². The van der Waals surface area contributed by atoms with Crippen LogP contribution in [0.25, 0.3) is 0 Å². The highest BCUT2D eigenvalue weighted by atomic mass is 32.2. The lowest BCUT2D eigenvalue weighted by Gasteiger charge is -2.36. The summed E-state index contributed by atoms with van der Waals surface area (Å²) < 4.78 is 33.4. The molecule has 1 saturated heterocycles. The second kappa shape index (κ2) is 8.28. The van der Waals surface area contributed by atoms with E-state index in [0.717, 1.165) is 22.7 Å². The van der Waals surface area contributed by atoms with E-state index >= 15 is 0 Å². The Morgan fingerprint density at radius 2 is 1.73 bits per heavy atom. The summed E-state index contributed by atoms with van der Waals surface area (Å²) in [6, 6.07) is 12.9. The molecule has 8 heteroatoms. The summed E-state index contributed by atoms with van der Waals surface area (Å²) in [7, 11) is -1.93. The Kier molecular flexibility index (Phi) is 5.71. The number of hydrogen-bond donors (Lipinski definition) is 0. The number of hydrogen-bond acceptors (Lipinski definition) is 5. The minimum Gasteiger partial charge on any atom is -0.495 e. The maximum atomic E-state index is 13.2. The summed E-state index contributed by atoms with van der Waals surface area (Å²) in [5.74, 6) is 0.857. The van der Waals surface area contributed by atoms with Crippen LogP contribution in [0.5, 0.6) is 5.75 Å². The molecule has 2 aliphatic heterocycles. The number of sulfonamides is 1. The molecule has 0 atom stereocenters. The summed E-state index contributed by atoms with van der Waals surface area (Å²) in [5.41, 5.74) is 2.74. The molecule has 0 radical (unpaired) electrons. The van der Waals surface area contributed by atoms with E-state index in [2.05, 4.69) is 4.90 Å². The average Bonchev–Trinajstić information content (AvgIpc) is 3.22. The van der Waals surface area contributed by atoms with Gasteiger partial charge in [0.1, 0.15) is 5.75 Å². The van der Waals surface area contributed by atoms with E-state index in [1.54, 1.807) is 34.5 Å². The molecule has 7 nitrogen and oxygen atoms in total. The fourth-order valence-corrected chi connectivity index (χ4v) is 5.67. The largest absolute Gasteiger partial charge is 0.495 e. The Labute approximate surface area is 177 Å². The van der Waals surface area contributed by atoms with Gasteiger partial charge in [0.2, 0.25) is 15.9 Å². The monoisotopic (exact) mass is 429 g/mol. The predicted molar refractivity (Wildman–Crippen MR) is 117 cm³/mol. The lowest BCUT2D eigenvalue weighted by atomic mass is 10.2. The Hall–Kier alpha value is -2.58. The molecule has 1 fully saturated rings. The van der Waals surface area contributed by atoms with Crippen LogP contribution in [0.3, 0.4) is 0 Å². The summed E-state index contributed by atoms with van der Waals surface area (Å²) in [5, 5.41) is 0. The van der Waals surface area contributed by atoms with Gasteiger partial charge in [-0.2, -0.15) is 4.31 Å². The topological polar surface area (TPSA) is 70.2 Å². The van der Waals surface area contributed by atoms with Crippen molar-refractivity contribution in [2.75, 3.05) is 49.6 Å². The molecule has 30 heavy (non-hydrogen) atoms. The fourth-order valence-electron chi connectivity index (χ4n) is 4.20. The van der Waals surface area contributed by atoms with Gasteiger partial charge < -0.3 is 14.5 Å². The number of anilines is 2. The van der Waals surface area contributed by atoms with Crippen molar-refractivity contribution >= 4 is 27.3 Å². The number of piperazine rings is 1. The van der Waals surface area contributed by atoms with Gasteiger partial charge in [-0.1, -0.05) is 19.1 Å². The van der Waals surface area contributed by atoms with Crippen LogP contribution < -0.4 is 14.5 Å². The third-order valence-corrected chi connectivity index (χ3v) is 7.75. The summed E-state index contributed by atoms with van der Waals surface area (Å²) in [4.78, 5) is 16.3. The van der Waals surface area contributed by atoms with Crippen LogP contribution in [0.1, 0.15) is 18.9 Å². The van der Waals surface area contributed by atoms with E-state index in [1.807, 2.05) is 31.2 Å². The highest BCUT2D eigenvalue weighted by Crippen LogP contribution is 2.33. The highest BCUT2D eigenvalue weighted by molar-refractivity contribution is 7.89. The van der Waals surface area contributed by atoms with Crippen molar-refractivity contribution < 1.29 is 17.9 Å². The first-order valence-electron chi connectivity index (χ1n) is 10.3. The number of carbonyl (C=O) groups excluding carboxylic acids is 1. The lowest BCUT2D eigenvalue weighted by molar-refractivity contribution is -0.118. The SMILES string of the molecule is CCC(=O)N1CCc2cc(S(=O)(=O)N3CCN(c4ccccc4OC)CC3)ccc21. The first-order chi connectivity index (χ1) is 14.5. The molecule has 1 amide bonds. The molecule has 2 heterocycles. The zero-order chi connectivity index (χ0) is 21.3. The number of ether oxygens (including phenoxy) is 1. The number of amides is 1. The molecule has 0 saturated carbocycles. The molecule has 0 unspecified atom stereocenters. The third-order valence-electron chi connectivity index (χ3n) is 5.85. The van der Waals surface area contributed by atoms with Gasteiger partial charge in [0.05, 0.1) is 17.7 Å². The molecule has 0 spiro atoms. The van der Waals surface area contributed by atoms with E-state index in [1.165, 1.54) is 0 Å². The van der Waals surface area contributed by atoms with Crippen LogP contribution in [0.2, 0.25) is 0 Å². The number of rotatable bonds is 5. The Bertz CT molecular complexity index is 1050. The van der Waals surface area contributed by atoms with Crippen molar-refractivity contribution in [2.45, 2.75) is 24.7 Å². The number of benzene rings is 2. The number of nitrogens with zero attached hydrogens (tertiary/aromatic N) is 3. The standard InChI is InChI=1S/C22H27N3O4S/c1-3-22(26)25-11-10-17-16-18(8-9-19(17)25)30(27,28)24-14-12-23(13-15-24)20-6-4-5-7-21(20)29-2/h4-9,16H,3,10-15H2,1-2H3. The maximum absolute atomic E-state index is 13.2. The van der Waals surface area contributed by atoms with Crippen molar-refractivity contribution in [2.24, 2.45) is 0 Å². The fraction of sp³-hybridized carbons (Fsp3) is 0.409. The lowest BCUT2D eigenvalue weighted by Crippen LogP contribution is -2.48. The van der Waals surface area contributed by atoms with Crippen LogP contribution in [-0.2, 0) is 21.2 Å². The summed E-state index contributed by atoms with van der Waals surface area (Å²) in [6.07, 6.45) is 1.13. The summed E-state index contributed by atoms with van der Waals surface area (Å²) in [6.45, 7) is 4.48. The van der Waals surface area contributed by atoms with E-state index in [4.69, 9.17) is 4.74 Å². The third kappa shape index (κ3) is 3.65. The summed E-state index contributed by atoms with van der Waals surface area (Å²) >= 11 is 0. The quantitative estimate of drug-likeness (QED) is 0.731. The average molecular weight is 430 g/mol. The van der Waals surface area contributed by atoms with Crippen LogP contribution >= 0.6 is 0 Å². The maximum Gasteiger partial charge on any atom is 0.243 e. The molecule has 160 valence electrons. The van der Waals surface area contributed by atoms with Gasteiger partial charge in [-0.25, -0.2) is 8.42 Å².